The number of nitrogens with one attached hydrogen (secondary N) is 1. The van der Waals surface area contributed by atoms with Crippen molar-refractivity contribution in [1.29, 1.82) is 0 Å². The van der Waals surface area contributed by atoms with Gasteiger partial charge >= 0.3 is 0 Å². The lowest BCUT2D eigenvalue weighted by atomic mass is 10.1. The summed E-state index contributed by atoms with van der Waals surface area (Å²) in [7, 11) is 1.54. The Balaban J connectivity index is 2.07. The van der Waals surface area contributed by atoms with E-state index in [4.69, 9.17) is 4.74 Å². The van der Waals surface area contributed by atoms with Crippen molar-refractivity contribution in [3.05, 3.63) is 53.1 Å². The lowest BCUT2D eigenvalue weighted by Crippen LogP contribution is -2.17. The van der Waals surface area contributed by atoms with Gasteiger partial charge in [0.2, 0.25) is 0 Å². The van der Waals surface area contributed by atoms with Gasteiger partial charge in [0.05, 0.1) is 13.3 Å². The molecule has 0 aliphatic carbocycles. The fraction of sp³-hybridized carbons (Fsp3) is 0.125. The highest BCUT2D eigenvalue weighted by molar-refractivity contribution is 5.95. The lowest BCUT2D eigenvalue weighted by Gasteiger charge is -2.06. The number of hydrogen-bond donors (Lipinski definition) is 3. The maximum absolute atomic E-state index is 12.0. The molecule has 0 aliphatic rings. The van der Waals surface area contributed by atoms with Crippen LogP contribution in [0.25, 0.3) is 0 Å². The highest BCUT2D eigenvalue weighted by atomic mass is 16.5. The zero-order chi connectivity index (χ0) is 16.1. The van der Waals surface area contributed by atoms with E-state index < -0.39 is 5.91 Å². The van der Waals surface area contributed by atoms with Crippen LogP contribution in [-0.4, -0.2) is 29.4 Å². The molecule has 0 bridgehead atoms. The van der Waals surface area contributed by atoms with Crippen molar-refractivity contribution >= 4 is 12.1 Å². The topological polar surface area (TPSA) is 91.2 Å². The van der Waals surface area contributed by atoms with Crippen LogP contribution in [0.4, 0.5) is 0 Å². The average molecular weight is 300 g/mol. The number of hydrogen-bond acceptors (Lipinski definition) is 5. The van der Waals surface area contributed by atoms with E-state index in [-0.39, 0.29) is 11.5 Å². The zero-order valence-corrected chi connectivity index (χ0v) is 12.2. The predicted octanol–water partition coefficient (Wildman–Crippen LogP) is 2.18. The molecule has 0 saturated carbocycles. The molecular formula is C16H16N2O4. The van der Waals surface area contributed by atoms with Gasteiger partial charge < -0.3 is 14.9 Å². The van der Waals surface area contributed by atoms with Gasteiger partial charge in [-0.2, -0.15) is 5.10 Å². The molecule has 0 heterocycles. The minimum atomic E-state index is -0.396. The Labute approximate surface area is 127 Å². The SMILES string of the molecule is COc1cc(C(=O)NN=Cc2ccc(O)cc2O)ccc1C. The number of hydrazone groups is 1. The molecule has 0 aliphatic heterocycles. The number of nitrogens with zero attached hydrogens (tertiary/aromatic N) is 1. The first kappa shape index (κ1) is 15.4. The number of aryl methyl sites for hydroxylation is 1. The second kappa shape index (κ2) is 6.62. The number of carbonyl (C=O) groups excluding carboxylic acids is 1. The monoisotopic (exact) mass is 300 g/mol. The minimum absolute atomic E-state index is 0.0505. The predicted molar refractivity (Wildman–Crippen MR) is 82.6 cm³/mol. The molecule has 1 amide bonds. The van der Waals surface area contributed by atoms with E-state index in [2.05, 4.69) is 10.5 Å². The van der Waals surface area contributed by atoms with Gasteiger partial charge in [-0.15, -0.1) is 0 Å². The molecule has 2 rings (SSSR count). The molecule has 0 radical (unpaired) electrons. The molecular weight excluding hydrogens is 284 g/mol. The van der Waals surface area contributed by atoms with Gasteiger partial charge in [-0.25, -0.2) is 5.43 Å². The molecule has 2 aromatic carbocycles. The third-order valence-corrected chi connectivity index (χ3v) is 3.05. The second-order valence-electron chi connectivity index (χ2n) is 4.63. The van der Waals surface area contributed by atoms with Crippen LogP contribution >= 0.6 is 0 Å². The van der Waals surface area contributed by atoms with E-state index in [1.807, 2.05) is 6.92 Å². The normalized spacial score (nSPS) is 10.6. The summed E-state index contributed by atoms with van der Waals surface area (Å²) >= 11 is 0. The third-order valence-electron chi connectivity index (χ3n) is 3.05. The Morgan fingerprint density at radius 1 is 1.23 bits per heavy atom. The highest BCUT2D eigenvalue weighted by Crippen LogP contribution is 2.21. The lowest BCUT2D eigenvalue weighted by molar-refractivity contribution is 0.0954. The Bertz CT molecular complexity index is 726. The zero-order valence-electron chi connectivity index (χ0n) is 12.2. The van der Waals surface area contributed by atoms with Gasteiger partial charge in [-0.1, -0.05) is 6.07 Å². The first-order valence-electron chi connectivity index (χ1n) is 6.51. The van der Waals surface area contributed by atoms with Crippen LogP contribution in [0.5, 0.6) is 17.2 Å². The van der Waals surface area contributed by atoms with Crippen LogP contribution in [0.3, 0.4) is 0 Å². The van der Waals surface area contributed by atoms with Gasteiger partial charge in [0, 0.05) is 17.2 Å². The Kier molecular flexibility index (Phi) is 4.63. The van der Waals surface area contributed by atoms with Crippen LogP contribution in [-0.2, 0) is 0 Å². The Morgan fingerprint density at radius 3 is 2.68 bits per heavy atom. The molecule has 114 valence electrons. The summed E-state index contributed by atoms with van der Waals surface area (Å²) in [6.07, 6.45) is 1.29. The van der Waals surface area contributed by atoms with E-state index in [1.165, 1.54) is 31.5 Å². The smallest absolute Gasteiger partial charge is 0.271 e. The van der Waals surface area contributed by atoms with E-state index in [0.29, 0.717) is 16.9 Å². The number of carbonyl (C=O) groups is 1. The largest absolute Gasteiger partial charge is 0.508 e. The van der Waals surface area contributed by atoms with Crippen molar-refractivity contribution in [2.24, 2.45) is 5.10 Å². The van der Waals surface area contributed by atoms with Crippen LogP contribution in [0, 0.1) is 6.92 Å². The van der Waals surface area contributed by atoms with Gasteiger partial charge in [-0.05, 0) is 36.8 Å². The van der Waals surface area contributed by atoms with E-state index in [0.717, 1.165) is 5.56 Å². The summed E-state index contributed by atoms with van der Waals surface area (Å²) in [5, 5.41) is 22.6. The molecule has 22 heavy (non-hydrogen) atoms. The summed E-state index contributed by atoms with van der Waals surface area (Å²) in [5.41, 5.74) is 4.07. The van der Waals surface area contributed by atoms with Crippen molar-refractivity contribution in [2.45, 2.75) is 6.92 Å². The third kappa shape index (κ3) is 3.54. The molecule has 0 fully saturated rings. The fourth-order valence-corrected chi connectivity index (χ4v) is 1.83. The van der Waals surface area contributed by atoms with Crippen LogP contribution in [0.2, 0.25) is 0 Å². The van der Waals surface area contributed by atoms with Gasteiger partial charge in [0.1, 0.15) is 17.2 Å². The number of amides is 1. The summed E-state index contributed by atoms with van der Waals surface area (Å²) in [5.74, 6) is 0.0427. The van der Waals surface area contributed by atoms with Crippen LogP contribution in [0.1, 0.15) is 21.5 Å². The van der Waals surface area contributed by atoms with Gasteiger partial charge in [0.15, 0.2) is 0 Å². The molecule has 0 atom stereocenters. The minimum Gasteiger partial charge on any atom is -0.508 e. The van der Waals surface area contributed by atoms with Crippen molar-refractivity contribution in [1.82, 2.24) is 5.43 Å². The Hall–Kier alpha value is -3.02. The molecule has 6 heteroatoms. The number of benzene rings is 2. The maximum Gasteiger partial charge on any atom is 0.271 e. The summed E-state index contributed by atoms with van der Waals surface area (Å²) in [4.78, 5) is 12.0. The van der Waals surface area contributed by atoms with E-state index in [1.54, 1.807) is 18.2 Å². The summed E-state index contributed by atoms with van der Waals surface area (Å²) < 4.78 is 5.16. The molecule has 0 unspecified atom stereocenters. The quantitative estimate of drug-likeness (QED) is 0.596. The molecule has 0 saturated heterocycles. The van der Waals surface area contributed by atoms with Crippen LogP contribution < -0.4 is 10.2 Å². The molecule has 6 nitrogen and oxygen atoms in total. The molecule has 2 aromatic rings. The second-order valence-corrected chi connectivity index (χ2v) is 4.63. The number of aromatic hydroxyl groups is 2. The first-order valence-corrected chi connectivity index (χ1v) is 6.51. The summed E-state index contributed by atoms with van der Waals surface area (Å²) in [6.45, 7) is 1.88. The van der Waals surface area contributed by atoms with E-state index >= 15 is 0 Å². The number of phenolic OH excluding ortho intramolecular Hbond substituents is 2. The summed E-state index contributed by atoms with van der Waals surface area (Å²) in [6, 6.07) is 9.15. The highest BCUT2D eigenvalue weighted by Gasteiger charge is 2.07. The molecule has 0 spiro atoms. The van der Waals surface area contributed by atoms with Crippen molar-refractivity contribution in [3.8, 4) is 17.2 Å². The number of phenols is 2. The van der Waals surface area contributed by atoms with Gasteiger partial charge in [-0.3, -0.25) is 4.79 Å². The van der Waals surface area contributed by atoms with Gasteiger partial charge in [0.25, 0.3) is 5.91 Å². The van der Waals surface area contributed by atoms with Crippen LogP contribution in [0.15, 0.2) is 41.5 Å². The standard InChI is InChI=1S/C16H16N2O4/c1-10-3-4-11(7-15(10)22-2)16(21)18-17-9-12-5-6-13(19)8-14(12)20/h3-9,19-20H,1-2H3,(H,18,21). The molecule has 3 N–H and O–H groups in total. The maximum atomic E-state index is 12.0. The van der Waals surface area contributed by atoms with Crippen molar-refractivity contribution < 1.29 is 19.7 Å². The van der Waals surface area contributed by atoms with Crippen molar-refractivity contribution in [3.63, 3.8) is 0 Å². The number of rotatable bonds is 4. The molecule has 0 aromatic heterocycles. The number of methoxy groups -OCH3 is 1. The first-order chi connectivity index (χ1) is 10.5. The van der Waals surface area contributed by atoms with Crippen molar-refractivity contribution in [2.75, 3.05) is 7.11 Å². The average Bonchev–Trinajstić information content (AvgIpc) is 2.49. The van der Waals surface area contributed by atoms with E-state index in [9.17, 15) is 15.0 Å². The Morgan fingerprint density at radius 2 is 2.00 bits per heavy atom. The fourth-order valence-electron chi connectivity index (χ4n) is 1.83. The number of ether oxygens (including phenoxy) is 1.